The lowest BCUT2D eigenvalue weighted by Gasteiger charge is -2.30. The Labute approximate surface area is 140 Å². The normalized spacial score (nSPS) is 17.5. The summed E-state index contributed by atoms with van der Waals surface area (Å²) in [7, 11) is 0. The van der Waals surface area contributed by atoms with Gasteiger partial charge >= 0.3 is 5.97 Å². The van der Waals surface area contributed by atoms with Crippen molar-refractivity contribution in [3.05, 3.63) is 42.1 Å². The Hall–Kier alpha value is -2.63. The molecule has 1 fully saturated rings. The maximum Gasteiger partial charge on any atom is 0.356 e. The maximum atomic E-state index is 12.1. The largest absolute Gasteiger partial charge is 0.451 e. The summed E-state index contributed by atoms with van der Waals surface area (Å²) in [5.74, 6) is -0.208. The molecule has 2 heterocycles. The van der Waals surface area contributed by atoms with Crippen molar-refractivity contribution in [2.24, 2.45) is 5.92 Å². The fourth-order valence-electron chi connectivity index (χ4n) is 2.90. The topological polar surface area (TPSA) is 75.3 Å². The van der Waals surface area contributed by atoms with E-state index in [9.17, 15) is 9.59 Å². The van der Waals surface area contributed by atoms with Crippen LogP contribution in [0.15, 0.2) is 36.4 Å². The van der Waals surface area contributed by atoms with Gasteiger partial charge in [-0.2, -0.15) is 5.10 Å². The van der Waals surface area contributed by atoms with Crippen molar-refractivity contribution in [3.8, 4) is 11.3 Å². The Bertz CT molecular complexity index is 711. The Morgan fingerprint density at radius 3 is 2.88 bits per heavy atom. The van der Waals surface area contributed by atoms with Crippen LogP contribution in [0.4, 0.5) is 0 Å². The summed E-state index contributed by atoms with van der Waals surface area (Å²) in [4.78, 5) is 26.0. The summed E-state index contributed by atoms with van der Waals surface area (Å²) < 4.78 is 5.13. The number of esters is 1. The molecule has 24 heavy (non-hydrogen) atoms. The van der Waals surface area contributed by atoms with E-state index in [-0.39, 0.29) is 18.2 Å². The Balaban J connectivity index is 1.56. The molecular weight excluding hydrogens is 306 g/mol. The van der Waals surface area contributed by atoms with Crippen LogP contribution in [0.1, 0.15) is 30.3 Å². The summed E-state index contributed by atoms with van der Waals surface area (Å²) in [5, 5.41) is 6.78. The number of carbonyl (C=O) groups excluding carboxylic acids is 2. The molecule has 3 rings (SSSR count). The van der Waals surface area contributed by atoms with Crippen LogP contribution >= 0.6 is 0 Å². The van der Waals surface area contributed by atoms with Crippen LogP contribution in [-0.2, 0) is 9.53 Å². The molecular formula is C18H21N3O3. The van der Waals surface area contributed by atoms with Crippen molar-refractivity contribution in [1.29, 1.82) is 0 Å². The molecule has 0 aliphatic carbocycles. The van der Waals surface area contributed by atoms with Crippen LogP contribution < -0.4 is 0 Å². The second kappa shape index (κ2) is 7.29. The molecule has 1 saturated heterocycles. The first-order valence-corrected chi connectivity index (χ1v) is 8.19. The van der Waals surface area contributed by atoms with E-state index >= 15 is 0 Å². The van der Waals surface area contributed by atoms with Crippen molar-refractivity contribution in [3.63, 3.8) is 0 Å². The third-order valence-electron chi connectivity index (χ3n) is 4.20. The number of benzene rings is 1. The Morgan fingerprint density at radius 2 is 2.12 bits per heavy atom. The molecule has 1 aromatic heterocycles. The molecule has 1 amide bonds. The average molecular weight is 327 g/mol. The standard InChI is InChI=1S/C18H21N3O3/c1-13-6-5-9-21(11-13)17(22)12-24-18(23)16-10-15(19-20-16)14-7-3-2-4-8-14/h2-4,7-8,10,13H,5-6,9,11-12H2,1H3,(H,19,20)/t13-/m1/s1. The minimum Gasteiger partial charge on any atom is -0.451 e. The highest BCUT2D eigenvalue weighted by Gasteiger charge is 2.22. The lowest BCUT2D eigenvalue weighted by molar-refractivity contribution is -0.136. The van der Waals surface area contributed by atoms with Crippen molar-refractivity contribution in [1.82, 2.24) is 15.1 Å². The van der Waals surface area contributed by atoms with E-state index in [1.807, 2.05) is 30.3 Å². The molecule has 6 heteroatoms. The van der Waals surface area contributed by atoms with Crippen molar-refractivity contribution < 1.29 is 14.3 Å². The van der Waals surface area contributed by atoms with Crippen LogP contribution in [0, 0.1) is 5.92 Å². The van der Waals surface area contributed by atoms with Gasteiger partial charge in [-0.05, 0) is 24.8 Å². The third-order valence-corrected chi connectivity index (χ3v) is 4.20. The van der Waals surface area contributed by atoms with Gasteiger partial charge in [-0.25, -0.2) is 4.79 Å². The first kappa shape index (κ1) is 16.2. The number of likely N-dealkylation sites (tertiary alicyclic amines) is 1. The fraction of sp³-hybridized carbons (Fsp3) is 0.389. The molecule has 1 aromatic carbocycles. The molecule has 0 radical (unpaired) electrons. The van der Waals surface area contributed by atoms with Crippen molar-refractivity contribution >= 4 is 11.9 Å². The van der Waals surface area contributed by atoms with Crippen LogP contribution in [0.3, 0.4) is 0 Å². The predicted octanol–water partition coefficient (Wildman–Crippen LogP) is 2.49. The summed E-state index contributed by atoms with van der Waals surface area (Å²) in [5.41, 5.74) is 1.82. The Kier molecular flexibility index (Phi) is 4.93. The monoisotopic (exact) mass is 327 g/mol. The molecule has 1 aliphatic rings. The fourth-order valence-corrected chi connectivity index (χ4v) is 2.90. The van der Waals surface area contributed by atoms with Crippen LogP contribution in [0.5, 0.6) is 0 Å². The van der Waals surface area contributed by atoms with Gasteiger partial charge < -0.3 is 9.64 Å². The van der Waals surface area contributed by atoms with Crippen molar-refractivity contribution in [2.75, 3.05) is 19.7 Å². The van der Waals surface area contributed by atoms with Gasteiger partial charge in [-0.3, -0.25) is 9.89 Å². The molecule has 0 bridgehead atoms. The van der Waals surface area contributed by atoms with Crippen LogP contribution in [-0.4, -0.2) is 46.7 Å². The second-order valence-corrected chi connectivity index (χ2v) is 6.20. The van der Waals surface area contributed by atoms with E-state index in [1.54, 1.807) is 11.0 Å². The smallest absolute Gasteiger partial charge is 0.356 e. The average Bonchev–Trinajstić information content (AvgIpc) is 3.10. The number of carbonyl (C=O) groups is 2. The first-order valence-electron chi connectivity index (χ1n) is 8.19. The first-order chi connectivity index (χ1) is 11.6. The van der Waals surface area contributed by atoms with E-state index in [4.69, 9.17) is 4.74 Å². The lowest BCUT2D eigenvalue weighted by atomic mass is 10.0. The van der Waals surface area contributed by atoms with Gasteiger partial charge in [0.15, 0.2) is 6.61 Å². The minimum atomic E-state index is -0.567. The number of nitrogens with one attached hydrogen (secondary N) is 1. The number of rotatable bonds is 4. The molecule has 2 aromatic rings. The number of piperidine rings is 1. The molecule has 1 atom stereocenters. The number of H-pyrrole nitrogens is 1. The van der Waals surface area contributed by atoms with Crippen LogP contribution in [0.25, 0.3) is 11.3 Å². The highest BCUT2D eigenvalue weighted by atomic mass is 16.5. The summed E-state index contributed by atoms with van der Waals surface area (Å²) in [6.07, 6.45) is 2.14. The zero-order valence-electron chi connectivity index (χ0n) is 13.7. The van der Waals surface area contributed by atoms with Crippen LogP contribution in [0.2, 0.25) is 0 Å². The SMILES string of the molecule is C[C@@H]1CCCN(C(=O)COC(=O)c2cc(-c3ccccc3)n[nH]2)C1. The zero-order chi connectivity index (χ0) is 16.9. The second-order valence-electron chi connectivity index (χ2n) is 6.20. The number of hydrogen-bond donors (Lipinski definition) is 1. The number of ether oxygens (including phenoxy) is 1. The van der Waals surface area contributed by atoms with E-state index in [1.165, 1.54) is 0 Å². The zero-order valence-corrected chi connectivity index (χ0v) is 13.7. The molecule has 0 unspecified atom stereocenters. The number of nitrogens with zero attached hydrogens (tertiary/aromatic N) is 2. The minimum absolute atomic E-state index is 0.141. The predicted molar refractivity (Wildman–Crippen MR) is 89.3 cm³/mol. The molecule has 0 saturated carbocycles. The van der Waals surface area contributed by atoms with Gasteiger partial charge in [-0.15, -0.1) is 0 Å². The molecule has 0 spiro atoms. The van der Waals surface area contributed by atoms with Gasteiger partial charge in [0.2, 0.25) is 0 Å². The summed E-state index contributed by atoms with van der Waals surface area (Å²) in [6, 6.07) is 11.2. The van der Waals surface area contributed by atoms with Gasteiger partial charge in [0.25, 0.3) is 5.91 Å². The van der Waals surface area contributed by atoms with Crippen molar-refractivity contribution in [2.45, 2.75) is 19.8 Å². The highest BCUT2D eigenvalue weighted by molar-refractivity contribution is 5.90. The molecule has 1 aliphatic heterocycles. The maximum absolute atomic E-state index is 12.1. The van der Waals surface area contributed by atoms with Gasteiger partial charge in [0, 0.05) is 18.7 Å². The number of hydrogen-bond acceptors (Lipinski definition) is 4. The number of amides is 1. The van der Waals surface area contributed by atoms with Gasteiger partial charge in [0.1, 0.15) is 5.69 Å². The van der Waals surface area contributed by atoms with E-state index in [2.05, 4.69) is 17.1 Å². The number of aromatic nitrogens is 2. The quantitative estimate of drug-likeness (QED) is 0.876. The molecule has 6 nitrogen and oxygen atoms in total. The Morgan fingerprint density at radius 1 is 1.33 bits per heavy atom. The lowest BCUT2D eigenvalue weighted by Crippen LogP contribution is -2.41. The van der Waals surface area contributed by atoms with E-state index < -0.39 is 5.97 Å². The summed E-state index contributed by atoms with van der Waals surface area (Å²) in [6.45, 7) is 3.37. The summed E-state index contributed by atoms with van der Waals surface area (Å²) >= 11 is 0. The number of aromatic amines is 1. The van der Waals surface area contributed by atoms with E-state index in [0.29, 0.717) is 11.6 Å². The highest BCUT2D eigenvalue weighted by Crippen LogP contribution is 2.18. The van der Waals surface area contributed by atoms with E-state index in [0.717, 1.165) is 31.5 Å². The molecule has 1 N–H and O–H groups in total. The van der Waals surface area contributed by atoms with Gasteiger partial charge in [-0.1, -0.05) is 37.3 Å². The third kappa shape index (κ3) is 3.82. The van der Waals surface area contributed by atoms with Gasteiger partial charge in [0.05, 0.1) is 5.69 Å². The molecule has 126 valence electrons.